The van der Waals surface area contributed by atoms with Crippen molar-refractivity contribution in [2.24, 2.45) is 5.73 Å². The normalized spacial score (nSPS) is 18.9. The molecule has 8 heteroatoms. The molecule has 0 unspecified atom stereocenters. The first-order valence-corrected chi connectivity index (χ1v) is 11.4. The van der Waals surface area contributed by atoms with Gasteiger partial charge in [-0.15, -0.1) is 0 Å². The molecule has 0 saturated carbocycles. The third kappa shape index (κ3) is 4.42. The van der Waals surface area contributed by atoms with Crippen molar-refractivity contribution in [3.8, 4) is 34.1 Å². The molecule has 8 nitrogen and oxygen atoms in total. The topological polar surface area (TPSA) is 106 Å². The molecule has 0 radical (unpaired) electrons. The van der Waals surface area contributed by atoms with Crippen LogP contribution in [0, 0.1) is 6.92 Å². The first-order chi connectivity index (χ1) is 16.4. The third-order valence-electron chi connectivity index (χ3n) is 6.55. The van der Waals surface area contributed by atoms with Crippen molar-refractivity contribution >= 4 is 5.91 Å². The van der Waals surface area contributed by atoms with Gasteiger partial charge in [0.15, 0.2) is 17.2 Å². The summed E-state index contributed by atoms with van der Waals surface area (Å²) in [6.45, 7) is 2.81. The maximum absolute atomic E-state index is 13.3. The molecule has 4 rings (SSSR count). The summed E-state index contributed by atoms with van der Waals surface area (Å²) in [6, 6.07) is 5.56. The summed E-state index contributed by atoms with van der Waals surface area (Å²) in [7, 11) is 4.71. The van der Waals surface area contributed by atoms with Crippen molar-refractivity contribution in [2.75, 3.05) is 34.5 Å². The van der Waals surface area contributed by atoms with Crippen LogP contribution in [-0.2, 0) is 16.0 Å². The van der Waals surface area contributed by atoms with Crippen LogP contribution in [-0.4, -0.2) is 46.6 Å². The van der Waals surface area contributed by atoms with Crippen LogP contribution < -0.4 is 30.1 Å². The molecule has 34 heavy (non-hydrogen) atoms. The van der Waals surface area contributed by atoms with E-state index in [2.05, 4.69) is 0 Å². The number of carbonyl (C=O) groups excluding carboxylic acids is 1. The van der Waals surface area contributed by atoms with Gasteiger partial charge < -0.3 is 29.4 Å². The van der Waals surface area contributed by atoms with Gasteiger partial charge >= 0.3 is 0 Å². The van der Waals surface area contributed by atoms with Gasteiger partial charge in [0.25, 0.3) is 0 Å². The van der Waals surface area contributed by atoms with Crippen molar-refractivity contribution < 1.29 is 28.5 Å². The van der Waals surface area contributed by atoms with Gasteiger partial charge in [0.2, 0.25) is 17.1 Å². The van der Waals surface area contributed by atoms with Crippen LogP contribution in [0.3, 0.4) is 0 Å². The Hall–Kier alpha value is -3.26. The summed E-state index contributed by atoms with van der Waals surface area (Å²) in [6.07, 6.45) is 2.01. The average Bonchev–Trinajstić information content (AvgIpc) is 3.25. The van der Waals surface area contributed by atoms with Crippen LogP contribution in [0.15, 0.2) is 23.0 Å². The largest absolute Gasteiger partial charge is 0.493 e. The molecule has 1 heterocycles. The lowest BCUT2D eigenvalue weighted by molar-refractivity contribution is -0.118. The van der Waals surface area contributed by atoms with E-state index in [1.54, 1.807) is 34.3 Å². The predicted molar refractivity (Wildman–Crippen MR) is 127 cm³/mol. The smallest absolute Gasteiger partial charge is 0.223 e. The predicted octanol–water partition coefficient (Wildman–Crippen LogP) is 3.12. The molecule has 1 saturated heterocycles. The van der Waals surface area contributed by atoms with E-state index in [-0.39, 0.29) is 29.6 Å². The molecule has 1 aliphatic heterocycles. The van der Waals surface area contributed by atoms with Gasteiger partial charge in [0, 0.05) is 24.0 Å². The minimum absolute atomic E-state index is 0.154. The van der Waals surface area contributed by atoms with Crippen molar-refractivity contribution in [1.29, 1.82) is 0 Å². The van der Waals surface area contributed by atoms with Crippen LogP contribution in [0.4, 0.5) is 0 Å². The number of aryl methyl sites for hydroxylation is 2. The molecule has 2 aliphatic rings. The zero-order valence-corrected chi connectivity index (χ0v) is 20.1. The van der Waals surface area contributed by atoms with E-state index < -0.39 is 5.91 Å². The molecule has 2 atom stereocenters. The molecule has 182 valence electrons. The molecule has 0 bridgehead atoms. The van der Waals surface area contributed by atoms with Crippen LogP contribution in [0.5, 0.6) is 23.0 Å². The highest BCUT2D eigenvalue weighted by Crippen LogP contribution is 2.51. The number of nitrogens with two attached hydrogens (primary N) is 1. The number of rotatable bonds is 7. The average molecular weight is 470 g/mol. The van der Waals surface area contributed by atoms with E-state index in [0.29, 0.717) is 48.9 Å². The Morgan fingerprint density at radius 3 is 2.44 bits per heavy atom. The lowest BCUT2D eigenvalue weighted by Crippen LogP contribution is -2.20. The van der Waals surface area contributed by atoms with E-state index in [1.807, 2.05) is 12.1 Å². The number of benzene rings is 1. The Morgan fingerprint density at radius 1 is 1.06 bits per heavy atom. The third-order valence-corrected chi connectivity index (χ3v) is 6.55. The second-order valence-electron chi connectivity index (χ2n) is 8.72. The fourth-order valence-electron chi connectivity index (χ4n) is 4.91. The van der Waals surface area contributed by atoms with Gasteiger partial charge in [0.05, 0.1) is 34.5 Å². The molecule has 1 fully saturated rings. The number of hydrogen-bond acceptors (Lipinski definition) is 7. The number of primary amides is 1. The standard InChI is InChI=1S/C26H31NO7/c1-14-9-19-18(12-20(24(14)29)34-17-7-8-33-13-17)15(11-22(27)28)5-6-16-10-21(30-2)25(31-3)26(32-4)23(16)19/h9-10,12,15,17H,5-8,11,13H2,1-4H3,(H2,27,28)/t15-,17-/m0/s1. The second kappa shape index (κ2) is 9.93. The molecule has 2 N–H and O–H groups in total. The highest BCUT2D eigenvalue weighted by atomic mass is 16.5. The van der Waals surface area contributed by atoms with E-state index in [4.69, 9.17) is 29.4 Å². The monoisotopic (exact) mass is 469 g/mol. The summed E-state index contributed by atoms with van der Waals surface area (Å²) in [5, 5.41) is 0. The van der Waals surface area contributed by atoms with Crippen molar-refractivity contribution in [1.82, 2.24) is 0 Å². The highest BCUT2D eigenvalue weighted by Gasteiger charge is 2.31. The van der Waals surface area contributed by atoms with Gasteiger partial charge in [-0.2, -0.15) is 0 Å². The number of carbonyl (C=O) groups is 1. The van der Waals surface area contributed by atoms with Gasteiger partial charge in [-0.3, -0.25) is 9.59 Å². The molecule has 0 spiro atoms. The molecule has 1 aliphatic carbocycles. The number of hydrogen-bond donors (Lipinski definition) is 1. The number of amides is 1. The minimum Gasteiger partial charge on any atom is -0.493 e. The van der Waals surface area contributed by atoms with Crippen molar-refractivity contribution in [3.63, 3.8) is 0 Å². The van der Waals surface area contributed by atoms with E-state index >= 15 is 0 Å². The maximum atomic E-state index is 13.3. The van der Waals surface area contributed by atoms with E-state index in [9.17, 15) is 9.59 Å². The molecule has 2 aromatic rings. The Morgan fingerprint density at radius 2 is 1.82 bits per heavy atom. The Balaban J connectivity index is 2.03. The van der Waals surface area contributed by atoms with Crippen LogP contribution >= 0.6 is 0 Å². The van der Waals surface area contributed by atoms with Gasteiger partial charge in [-0.1, -0.05) is 0 Å². The summed E-state index contributed by atoms with van der Waals surface area (Å²) in [4.78, 5) is 25.3. The summed E-state index contributed by atoms with van der Waals surface area (Å²) in [5.41, 5.74) is 9.37. The molecular weight excluding hydrogens is 438 g/mol. The summed E-state index contributed by atoms with van der Waals surface area (Å²) < 4.78 is 28.5. The first-order valence-electron chi connectivity index (χ1n) is 11.4. The quantitative estimate of drug-likeness (QED) is 0.664. The number of methoxy groups -OCH3 is 3. The van der Waals surface area contributed by atoms with Gasteiger partial charge in [-0.05, 0) is 60.6 Å². The summed E-state index contributed by atoms with van der Waals surface area (Å²) in [5.74, 6) is 1.19. The van der Waals surface area contributed by atoms with Crippen LogP contribution in [0.2, 0.25) is 0 Å². The fourth-order valence-corrected chi connectivity index (χ4v) is 4.91. The Labute approximate surface area is 198 Å². The first kappa shape index (κ1) is 23.9. The molecule has 0 aromatic heterocycles. The van der Waals surface area contributed by atoms with Gasteiger partial charge in [0.1, 0.15) is 6.10 Å². The zero-order chi connectivity index (χ0) is 24.4. The lowest BCUT2D eigenvalue weighted by Gasteiger charge is -2.19. The van der Waals surface area contributed by atoms with Crippen LogP contribution in [0.1, 0.15) is 41.9 Å². The maximum Gasteiger partial charge on any atom is 0.223 e. The number of ether oxygens (including phenoxy) is 5. The number of fused-ring (bicyclic) bond motifs is 3. The molecular formula is C26H31NO7. The highest BCUT2D eigenvalue weighted by molar-refractivity contribution is 5.84. The van der Waals surface area contributed by atoms with Crippen LogP contribution in [0.25, 0.3) is 11.1 Å². The van der Waals surface area contributed by atoms with Crippen molar-refractivity contribution in [2.45, 2.75) is 44.6 Å². The van der Waals surface area contributed by atoms with Crippen molar-refractivity contribution in [3.05, 3.63) is 45.1 Å². The Bertz CT molecular complexity index is 1150. The Kier molecular flexibility index (Phi) is 6.97. The fraction of sp³-hybridized carbons (Fsp3) is 0.462. The molecule has 1 amide bonds. The lowest BCUT2D eigenvalue weighted by atomic mass is 9.89. The molecule has 2 aromatic carbocycles. The minimum atomic E-state index is -0.402. The SMILES string of the molecule is COc1cc2c(c(OC)c1OC)-c1cc(C)c(=O)c(O[C@H]3CCOC3)cc1[C@H](CC(N)=O)CC2. The van der Waals surface area contributed by atoms with Gasteiger partial charge in [-0.25, -0.2) is 0 Å². The van der Waals surface area contributed by atoms with E-state index in [1.165, 1.54) is 0 Å². The van der Waals surface area contributed by atoms with E-state index in [0.717, 1.165) is 28.7 Å². The zero-order valence-electron chi connectivity index (χ0n) is 20.1. The summed E-state index contributed by atoms with van der Waals surface area (Å²) >= 11 is 0. The second-order valence-corrected chi connectivity index (χ2v) is 8.72.